The predicted molar refractivity (Wildman–Crippen MR) is 95.5 cm³/mol. The second-order valence-electron chi connectivity index (χ2n) is 5.53. The number of urea groups is 1. The van der Waals surface area contributed by atoms with E-state index in [1.54, 1.807) is 38.3 Å². The van der Waals surface area contributed by atoms with Crippen molar-refractivity contribution in [2.24, 2.45) is 5.92 Å². The Bertz CT molecular complexity index is 701. The summed E-state index contributed by atoms with van der Waals surface area (Å²) in [6, 6.07) is 15.4. The molecule has 0 aliphatic heterocycles. The molecule has 0 unspecified atom stereocenters. The van der Waals surface area contributed by atoms with Crippen molar-refractivity contribution in [3.63, 3.8) is 0 Å². The van der Waals surface area contributed by atoms with Gasteiger partial charge in [0.1, 0.15) is 5.75 Å². The molecular formula is C19H22N2O4. The monoisotopic (exact) mass is 342 g/mol. The third-order valence-electron chi connectivity index (χ3n) is 3.87. The molecule has 0 saturated heterocycles. The summed E-state index contributed by atoms with van der Waals surface area (Å²) in [6.45, 7) is 1.72. The highest BCUT2D eigenvalue weighted by Gasteiger charge is 2.27. The molecule has 25 heavy (non-hydrogen) atoms. The number of hydrogen-bond donors (Lipinski definition) is 2. The number of methoxy groups -OCH3 is 2. The number of amides is 2. The molecule has 0 fully saturated rings. The Morgan fingerprint density at radius 1 is 0.960 bits per heavy atom. The zero-order valence-corrected chi connectivity index (χ0v) is 14.5. The maximum atomic E-state index is 12.4. The number of benzene rings is 2. The summed E-state index contributed by atoms with van der Waals surface area (Å²) >= 11 is 0. The average molecular weight is 342 g/mol. The van der Waals surface area contributed by atoms with Crippen molar-refractivity contribution < 1.29 is 19.1 Å². The molecule has 0 bridgehead atoms. The van der Waals surface area contributed by atoms with Crippen LogP contribution >= 0.6 is 0 Å². The van der Waals surface area contributed by atoms with Crippen LogP contribution in [0.15, 0.2) is 54.6 Å². The van der Waals surface area contributed by atoms with Crippen molar-refractivity contribution in [3.05, 3.63) is 60.2 Å². The minimum Gasteiger partial charge on any atom is -0.497 e. The summed E-state index contributed by atoms with van der Waals surface area (Å²) in [4.78, 5) is 24.3. The second kappa shape index (κ2) is 8.73. The fraction of sp³-hybridized carbons (Fsp3) is 0.263. The minimum absolute atomic E-state index is 0.390. The molecule has 0 aromatic heterocycles. The van der Waals surface area contributed by atoms with Gasteiger partial charge in [-0.15, -0.1) is 0 Å². The van der Waals surface area contributed by atoms with Crippen molar-refractivity contribution >= 4 is 17.7 Å². The van der Waals surface area contributed by atoms with Gasteiger partial charge in [0.05, 0.1) is 26.2 Å². The van der Waals surface area contributed by atoms with Gasteiger partial charge < -0.3 is 20.1 Å². The molecule has 2 amide bonds. The van der Waals surface area contributed by atoms with E-state index in [2.05, 4.69) is 10.6 Å². The summed E-state index contributed by atoms with van der Waals surface area (Å²) in [6.07, 6.45) is 0. The van der Waals surface area contributed by atoms with Crippen LogP contribution in [0.25, 0.3) is 0 Å². The van der Waals surface area contributed by atoms with Gasteiger partial charge in [-0.25, -0.2) is 4.79 Å². The predicted octanol–water partition coefficient (Wildman–Crippen LogP) is 3.37. The molecule has 132 valence electrons. The highest BCUT2D eigenvalue weighted by Crippen LogP contribution is 2.23. The van der Waals surface area contributed by atoms with Crippen LogP contribution in [0.4, 0.5) is 10.5 Å². The summed E-state index contributed by atoms with van der Waals surface area (Å²) in [5.41, 5.74) is 1.45. The number of carbonyl (C=O) groups excluding carboxylic acids is 2. The van der Waals surface area contributed by atoms with Crippen LogP contribution in [0.2, 0.25) is 0 Å². The van der Waals surface area contributed by atoms with Crippen LogP contribution in [0.1, 0.15) is 18.5 Å². The number of rotatable bonds is 6. The molecule has 2 aromatic rings. The Hall–Kier alpha value is -3.02. The Morgan fingerprint density at radius 2 is 1.60 bits per heavy atom. The smallest absolute Gasteiger partial charge is 0.319 e. The fourth-order valence-electron chi connectivity index (χ4n) is 2.46. The normalized spacial score (nSPS) is 12.6. The molecule has 0 saturated carbocycles. The summed E-state index contributed by atoms with van der Waals surface area (Å²) in [7, 11) is 2.91. The molecule has 0 heterocycles. The van der Waals surface area contributed by atoms with E-state index in [9.17, 15) is 9.59 Å². The lowest BCUT2D eigenvalue weighted by molar-refractivity contribution is -0.145. The number of esters is 1. The van der Waals surface area contributed by atoms with Crippen LogP contribution in [0.3, 0.4) is 0 Å². The molecule has 2 N–H and O–H groups in total. The molecule has 2 aromatic carbocycles. The number of carbonyl (C=O) groups is 2. The molecule has 6 nitrogen and oxygen atoms in total. The lowest BCUT2D eigenvalue weighted by atomic mass is 9.94. The van der Waals surface area contributed by atoms with Crippen molar-refractivity contribution in [1.29, 1.82) is 0 Å². The number of nitrogens with one attached hydrogen (secondary N) is 2. The van der Waals surface area contributed by atoms with Crippen molar-refractivity contribution in [2.75, 3.05) is 19.5 Å². The number of ether oxygens (including phenoxy) is 2. The highest BCUT2D eigenvalue weighted by atomic mass is 16.5. The molecule has 0 aliphatic rings. The Balaban J connectivity index is 2.12. The van der Waals surface area contributed by atoms with Crippen molar-refractivity contribution in [2.45, 2.75) is 13.0 Å². The molecule has 0 aliphatic carbocycles. The second-order valence-corrected chi connectivity index (χ2v) is 5.53. The van der Waals surface area contributed by atoms with E-state index < -0.39 is 24.0 Å². The third kappa shape index (κ3) is 4.97. The molecular weight excluding hydrogens is 320 g/mol. The topological polar surface area (TPSA) is 76.7 Å². The van der Waals surface area contributed by atoms with Crippen LogP contribution in [0, 0.1) is 5.92 Å². The van der Waals surface area contributed by atoms with E-state index in [0.717, 1.165) is 5.56 Å². The van der Waals surface area contributed by atoms with Crippen LogP contribution in [0.5, 0.6) is 5.75 Å². The molecule has 2 atom stereocenters. The first kappa shape index (κ1) is 18.3. The van der Waals surface area contributed by atoms with Gasteiger partial charge in [0.15, 0.2) is 0 Å². The van der Waals surface area contributed by atoms with Gasteiger partial charge >= 0.3 is 12.0 Å². The lowest BCUT2D eigenvalue weighted by Gasteiger charge is -2.24. The summed E-state index contributed by atoms with van der Waals surface area (Å²) in [5, 5.41) is 5.59. The van der Waals surface area contributed by atoms with Gasteiger partial charge in [0, 0.05) is 5.69 Å². The first-order chi connectivity index (χ1) is 12.0. The van der Waals surface area contributed by atoms with Gasteiger partial charge in [-0.3, -0.25) is 4.79 Å². The summed E-state index contributed by atoms with van der Waals surface area (Å²) < 4.78 is 9.90. The zero-order chi connectivity index (χ0) is 18.2. The fourth-order valence-corrected chi connectivity index (χ4v) is 2.46. The third-order valence-corrected chi connectivity index (χ3v) is 3.87. The maximum absolute atomic E-state index is 12.4. The first-order valence-electron chi connectivity index (χ1n) is 7.89. The van der Waals surface area contributed by atoms with Crippen LogP contribution in [-0.2, 0) is 9.53 Å². The van der Waals surface area contributed by atoms with Gasteiger partial charge in [-0.1, -0.05) is 30.3 Å². The lowest BCUT2D eigenvalue weighted by Crippen LogP contribution is -2.38. The van der Waals surface area contributed by atoms with Gasteiger partial charge in [-0.05, 0) is 36.8 Å². The van der Waals surface area contributed by atoms with E-state index in [1.165, 1.54) is 7.11 Å². The van der Waals surface area contributed by atoms with Gasteiger partial charge in [0.2, 0.25) is 0 Å². The minimum atomic E-state index is -0.533. The standard InChI is InChI=1S/C19H22N2O4/c1-13(18(22)25-3)17(14-7-5-4-6-8-14)21-19(23)20-15-9-11-16(24-2)12-10-15/h4-13,17H,1-3H3,(H2,20,21,23)/t13-,17+/m1/s1. The summed E-state index contributed by atoms with van der Waals surface area (Å²) in [5.74, 6) is -0.222. The Labute approximate surface area is 147 Å². The largest absolute Gasteiger partial charge is 0.497 e. The first-order valence-corrected chi connectivity index (χ1v) is 7.89. The van der Waals surface area contributed by atoms with E-state index in [4.69, 9.17) is 9.47 Å². The molecule has 0 spiro atoms. The van der Waals surface area contributed by atoms with E-state index >= 15 is 0 Å². The van der Waals surface area contributed by atoms with Gasteiger partial charge in [-0.2, -0.15) is 0 Å². The SMILES string of the molecule is COC(=O)[C@H](C)[C@H](NC(=O)Nc1ccc(OC)cc1)c1ccccc1. The molecule has 0 radical (unpaired) electrons. The van der Waals surface area contributed by atoms with Crippen molar-refractivity contribution in [3.8, 4) is 5.75 Å². The number of anilines is 1. The van der Waals surface area contributed by atoms with Crippen LogP contribution in [-0.4, -0.2) is 26.2 Å². The Morgan fingerprint density at radius 3 is 2.16 bits per heavy atom. The van der Waals surface area contributed by atoms with Crippen molar-refractivity contribution in [1.82, 2.24) is 5.32 Å². The number of hydrogen-bond acceptors (Lipinski definition) is 4. The van der Waals surface area contributed by atoms with E-state index in [-0.39, 0.29) is 0 Å². The van der Waals surface area contributed by atoms with E-state index in [1.807, 2.05) is 30.3 Å². The van der Waals surface area contributed by atoms with Gasteiger partial charge in [0.25, 0.3) is 0 Å². The quantitative estimate of drug-likeness (QED) is 0.789. The maximum Gasteiger partial charge on any atom is 0.319 e. The average Bonchev–Trinajstić information content (AvgIpc) is 2.66. The van der Waals surface area contributed by atoms with E-state index in [0.29, 0.717) is 11.4 Å². The molecule has 6 heteroatoms. The highest BCUT2D eigenvalue weighted by molar-refractivity contribution is 5.90. The Kier molecular flexibility index (Phi) is 6.39. The van der Waals surface area contributed by atoms with Crippen LogP contribution < -0.4 is 15.4 Å². The zero-order valence-electron chi connectivity index (χ0n) is 14.5. The molecule has 2 rings (SSSR count).